The monoisotopic (exact) mass is 315 g/mol. The van der Waals surface area contributed by atoms with E-state index in [1.807, 2.05) is 25.1 Å². The standard InChI is InChI=1S/C13H12FN.C2HF3O2/c1-9-2-7-12(15)8-13(9)10-3-5-11(14)6-4-10;3-2(4,5)1(6)7/h2-8H,15H2,1H3;(H,6,7). The fraction of sp³-hybridized carbons (Fsp3) is 0.133. The highest BCUT2D eigenvalue weighted by molar-refractivity contribution is 5.70. The fourth-order valence-corrected chi connectivity index (χ4v) is 1.61. The van der Waals surface area contributed by atoms with Gasteiger partial charge in [0.2, 0.25) is 0 Å². The molecule has 118 valence electrons. The molecule has 0 aliphatic heterocycles. The Morgan fingerprint density at radius 3 is 2.05 bits per heavy atom. The molecular weight excluding hydrogens is 302 g/mol. The smallest absolute Gasteiger partial charge is 0.430 e. The van der Waals surface area contributed by atoms with Crippen molar-refractivity contribution >= 4 is 11.7 Å². The number of carbonyl (C=O) groups is 1. The minimum absolute atomic E-state index is 0.206. The lowest BCUT2D eigenvalue weighted by atomic mass is 10.00. The van der Waals surface area contributed by atoms with Crippen LogP contribution in [0.1, 0.15) is 5.56 Å². The van der Waals surface area contributed by atoms with Crippen LogP contribution in [0.4, 0.5) is 23.2 Å². The van der Waals surface area contributed by atoms with Crippen molar-refractivity contribution in [2.75, 3.05) is 0 Å². The molecule has 0 atom stereocenters. The molecule has 0 spiro atoms. The predicted molar refractivity (Wildman–Crippen MR) is 70.2 cm³/mol. The van der Waals surface area contributed by atoms with Crippen molar-refractivity contribution in [3.63, 3.8) is 0 Å². The Kier molecular flexibility index (Phi) is 5.64. The molecule has 0 radical (unpaired) electrons. The zero-order chi connectivity index (χ0) is 16.9. The number of alkyl halides is 3. The number of carbonyl (C=O) groups excluding carboxylic acids is 1. The van der Waals surface area contributed by atoms with Gasteiger partial charge in [0.1, 0.15) is 17.5 Å². The summed E-state index contributed by atoms with van der Waals surface area (Å²) in [7, 11) is 0. The Morgan fingerprint density at radius 1 is 1.09 bits per heavy atom. The number of rotatable bonds is 1. The van der Waals surface area contributed by atoms with E-state index < -0.39 is 12.1 Å². The van der Waals surface area contributed by atoms with E-state index in [-0.39, 0.29) is 5.82 Å². The van der Waals surface area contributed by atoms with E-state index in [1.165, 1.54) is 17.7 Å². The molecule has 0 saturated heterocycles. The average Bonchev–Trinajstić information content (AvgIpc) is 2.42. The molecule has 0 aromatic heterocycles. The summed E-state index contributed by atoms with van der Waals surface area (Å²) in [6.45, 7) is 2.04. The van der Waals surface area contributed by atoms with Gasteiger partial charge in [0.05, 0.1) is 0 Å². The van der Waals surface area contributed by atoms with E-state index in [9.17, 15) is 17.6 Å². The van der Waals surface area contributed by atoms with Crippen molar-refractivity contribution in [2.24, 2.45) is 0 Å². The first kappa shape index (κ1) is 17.6. The summed E-state index contributed by atoms with van der Waals surface area (Å²) in [5, 5.41) is 8.78. The molecule has 0 unspecified atom stereocenters. The number of carboxylic acids is 1. The SMILES string of the molecule is Cc1ccc([NH3+])cc1-c1ccc(F)cc1.O=C([O-])C(F)(F)F. The molecule has 3 N–H and O–H groups in total. The van der Waals surface area contributed by atoms with E-state index >= 15 is 0 Å². The van der Waals surface area contributed by atoms with E-state index in [0.717, 1.165) is 16.8 Å². The highest BCUT2D eigenvalue weighted by Crippen LogP contribution is 2.25. The third-order valence-electron chi connectivity index (χ3n) is 2.69. The van der Waals surface area contributed by atoms with Gasteiger partial charge in [0.25, 0.3) is 0 Å². The number of carboxylic acid groups (broad SMARTS) is 1. The second kappa shape index (κ2) is 7.04. The third kappa shape index (κ3) is 5.17. The van der Waals surface area contributed by atoms with Crippen LogP contribution in [0.15, 0.2) is 42.5 Å². The van der Waals surface area contributed by atoms with Gasteiger partial charge in [-0.3, -0.25) is 0 Å². The Morgan fingerprint density at radius 2 is 1.59 bits per heavy atom. The molecule has 0 heterocycles. The topological polar surface area (TPSA) is 67.8 Å². The number of halogens is 4. The van der Waals surface area contributed by atoms with E-state index in [2.05, 4.69) is 5.73 Å². The number of hydrogen-bond donors (Lipinski definition) is 1. The fourth-order valence-electron chi connectivity index (χ4n) is 1.61. The number of quaternary nitrogens is 1. The van der Waals surface area contributed by atoms with Crippen LogP contribution >= 0.6 is 0 Å². The Hall–Kier alpha value is -2.41. The van der Waals surface area contributed by atoms with Gasteiger partial charge in [-0.15, -0.1) is 0 Å². The van der Waals surface area contributed by atoms with Crippen LogP contribution in [-0.2, 0) is 4.79 Å². The minimum atomic E-state index is -5.19. The molecule has 0 fully saturated rings. The zero-order valence-electron chi connectivity index (χ0n) is 11.6. The average molecular weight is 315 g/mol. The summed E-state index contributed by atoms with van der Waals surface area (Å²) < 4.78 is 44.3. The van der Waals surface area contributed by atoms with Gasteiger partial charge in [-0.1, -0.05) is 18.2 Å². The zero-order valence-corrected chi connectivity index (χ0v) is 11.6. The number of hydrogen-bond acceptors (Lipinski definition) is 2. The lowest BCUT2D eigenvalue weighted by Crippen LogP contribution is -2.40. The van der Waals surface area contributed by atoms with E-state index in [1.54, 1.807) is 12.1 Å². The molecular formula is C15H13F4NO2. The summed E-state index contributed by atoms with van der Waals surface area (Å²) in [5.41, 5.74) is 8.18. The lowest BCUT2D eigenvalue weighted by molar-refractivity contribution is -0.344. The summed E-state index contributed by atoms with van der Waals surface area (Å²) in [5.74, 6) is -3.21. The van der Waals surface area contributed by atoms with Crippen LogP contribution in [0.5, 0.6) is 0 Å². The second-order valence-corrected chi connectivity index (χ2v) is 4.44. The van der Waals surface area contributed by atoms with Crippen molar-refractivity contribution in [3.8, 4) is 11.1 Å². The maximum atomic E-state index is 12.8. The van der Waals surface area contributed by atoms with Crippen molar-refractivity contribution in [1.82, 2.24) is 0 Å². The molecule has 0 saturated carbocycles. The summed E-state index contributed by atoms with van der Waals surface area (Å²) in [6, 6.07) is 12.6. The lowest BCUT2D eigenvalue weighted by Gasteiger charge is -2.05. The van der Waals surface area contributed by atoms with E-state index in [4.69, 9.17) is 9.90 Å². The first-order chi connectivity index (χ1) is 10.1. The van der Waals surface area contributed by atoms with Gasteiger partial charge >= 0.3 is 6.18 Å². The molecule has 22 heavy (non-hydrogen) atoms. The molecule has 0 amide bonds. The maximum absolute atomic E-state index is 12.8. The van der Waals surface area contributed by atoms with E-state index in [0.29, 0.717) is 0 Å². The van der Waals surface area contributed by atoms with Crippen molar-refractivity contribution in [3.05, 3.63) is 53.8 Å². The van der Waals surface area contributed by atoms with Gasteiger partial charge in [-0.2, -0.15) is 13.2 Å². The first-order valence-corrected chi connectivity index (χ1v) is 6.08. The second-order valence-electron chi connectivity index (χ2n) is 4.44. The highest BCUT2D eigenvalue weighted by atomic mass is 19.4. The summed E-state index contributed by atoms with van der Waals surface area (Å²) in [4.78, 5) is 8.78. The van der Waals surface area contributed by atoms with Gasteiger partial charge < -0.3 is 15.6 Å². The van der Waals surface area contributed by atoms with Crippen LogP contribution in [0.25, 0.3) is 11.1 Å². The van der Waals surface area contributed by atoms with Gasteiger partial charge in [0.15, 0.2) is 0 Å². The third-order valence-corrected chi connectivity index (χ3v) is 2.69. The Labute approximate surface area is 124 Å². The predicted octanol–water partition coefficient (Wildman–Crippen LogP) is 1.97. The highest BCUT2D eigenvalue weighted by Gasteiger charge is 2.28. The van der Waals surface area contributed by atoms with Crippen LogP contribution in [0.2, 0.25) is 0 Å². The molecule has 2 aromatic carbocycles. The van der Waals surface area contributed by atoms with Crippen molar-refractivity contribution in [2.45, 2.75) is 13.1 Å². The molecule has 3 nitrogen and oxygen atoms in total. The van der Waals surface area contributed by atoms with Gasteiger partial charge in [-0.25, -0.2) is 4.39 Å². The quantitative estimate of drug-likeness (QED) is 0.818. The molecule has 0 aliphatic carbocycles. The molecule has 0 bridgehead atoms. The van der Waals surface area contributed by atoms with Crippen LogP contribution < -0.4 is 10.8 Å². The largest absolute Gasteiger partial charge is 0.542 e. The number of benzene rings is 2. The van der Waals surface area contributed by atoms with Crippen LogP contribution in [-0.4, -0.2) is 12.1 Å². The number of aliphatic carboxylic acids is 1. The van der Waals surface area contributed by atoms with Gasteiger partial charge in [0, 0.05) is 6.07 Å². The minimum Gasteiger partial charge on any atom is -0.542 e. The normalized spacial score (nSPS) is 10.6. The molecule has 2 aromatic rings. The first-order valence-electron chi connectivity index (χ1n) is 6.08. The summed E-state index contributed by atoms with van der Waals surface area (Å²) in [6.07, 6.45) is -5.19. The van der Waals surface area contributed by atoms with Crippen LogP contribution in [0.3, 0.4) is 0 Å². The Balaban J connectivity index is 0.000000295. The van der Waals surface area contributed by atoms with Crippen molar-refractivity contribution in [1.29, 1.82) is 0 Å². The van der Waals surface area contributed by atoms with Crippen molar-refractivity contribution < 1.29 is 33.2 Å². The van der Waals surface area contributed by atoms with Gasteiger partial charge in [-0.05, 0) is 41.8 Å². The molecule has 0 aliphatic rings. The van der Waals surface area contributed by atoms with Crippen LogP contribution in [0, 0.1) is 12.7 Å². The molecule has 7 heteroatoms. The molecule has 2 rings (SSSR count). The maximum Gasteiger partial charge on any atom is 0.430 e. The Bertz CT molecular complexity index is 652. The number of aryl methyl sites for hydroxylation is 1. The summed E-state index contributed by atoms with van der Waals surface area (Å²) >= 11 is 0.